The maximum atomic E-state index is 12.9. The van der Waals surface area contributed by atoms with Crippen LogP contribution in [0, 0.1) is 0 Å². The molecule has 0 spiro atoms. The van der Waals surface area contributed by atoms with E-state index >= 15 is 0 Å². The lowest BCUT2D eigenvalue weighted by Gasteiger charge is -2.33. The number of piperidine rings is 1. The molecule has 0 aliphatic carbocycles. The summed E-state index contributed by atoms with van der Waals surface area (Å²) in [6.07, 6.45) is 2.70. The van der Waals surface area contributed by atoms with E-state index in [2.05, 4.69) is 9.97 Å². The fourth-order valence-corrected chi connectivity index (χ4v) is 4.03. The van der Waals surface area contributed by atoms with Crippen LogP contribution in [0.3, 0.4) is 0 Å². The van der Waals surface area contributed by atoms with Crippen LogP contribution in [-0.2, 0) is 4.79 Å². The number of carbonyl (C=O) groups is 1. The summed E-state index contributed by atoms with van der Waals surface area (Å²) in [7, 11) is 0. The molecule has 3 heterocycles. The molecule has 1 fully saturated rings. The number of pyridine rings is 2. The second-order valence-electron chi connectivity index (χ2n) is 7.75. The van der Waals surface area contributed by atoms with Crippen LogP contribution >= 0.6 is 0 Å². The monoisotopic (exact) mass is 421 g/mol. The van der Waals surface area contributed by atoms with Crippen LogP contribution in [0.5, 0.6) is 11.5 Å². The quantitative estimate of drug-likeness (QED) is 0.659. The molecule has 1 saturated heterocycles. The summed E-state index contributed by atoms with van der Waals surface area (Å²) in [6.45, 7) is 5.57. The Kier molecular flexibility index (Phi) is 6.21. The van der Waals surface area contributed by atoms with Gasteiger partial charge in [0.2, 0.25) is 0 Å². The molecule has 162 valence electrons. The van der Waals surface area contributed by atoms with Gasteiger partial charge in [-0.1, -0.05) is 0 Å². The lowest BCUT2D eigenvalue weighted by atomic mass is 9.92. The van der Waals surface area contributed by atoms with Gasteiger partial charge in [0.05, 0.1) is 17.5 Å². The number of nitrogens with zero attached hydrogens (tertiary/aromatic N) is 2. The van der Waals surface area contributed by atoms with Crippen molar-refractivity contribution in [3.05, 3.63) is 64.7 Å². The third kappa shape index (κ3) is 4.71. The molecular formula is C24H27N3O4. The minimum atomic E-state index is -0.570. The van der Waals surface area contributed by atoms with E-state index in [-0.39, 0.29) is 17.4 Å². The molecule has 0 unspecified atom stereocenters. The van der Waals surface area contributed by atoms with Crippen molar-refractivity contribution in [1.29, 1.82) is 0 Å². The second-order valence-corrected chi connectivity index (χ2v) is 7.75. The predicted molar refractivity (Wildman–Crippen MR) is 119 cm³/mol. The van der Waals surface area contributed by atoms with Crippen LogP contribution in [0.2, 0.25) is 0 Å². The molecule has 1 atom stereocenters. The highest BCUT2D eigenvalue weighted by atomic mass is 16.5. The van der Waals surface area contributed by atoms with E-state index in [1.165, 1.54) is 0 Å². The number of ether oxygens (including phenoxy) is 2. The zero-order valence-corrected chi connectivity index (χ0v) is 17.8. The molecule has 0 bridgehead atoms. The standard InChI is InChI=1S/C24H27N3O4/c1-3-30-18-6-8-19(9-7-18)31-16(2)24(29)27-13-10-17(11-14-27)21-15-22-20(23(28)26-21)5-4-12-25-22/h4-9,12,15-17H,3,10-11,13-14H2,1-2H3,(H,26,28)/t16-/m0/s1. The lowest BCUT2D eigenvalue weighted by molar-refractivity contribution is -0.139. The number of carbonyl (C=O) groups excluding carboxylic acids is 1. The van der Waals surface area contributed by atoms with Gasteiger partial charge in [0.1, 0.15) is 11.5 Å². The molecule has 31 heavy (non-hydrogen) atoms. The van der Waals surface area contributed by atoms with Crippen molar-refractivity contribution in [3.63, 3.8) is 0 Å². The minimum absolute atomic E-state index is 0.0268. The molecule has 7 nitrogen and oxygen atoms in total. The number of benzene rings is 1. The maximum Gasteiger partial charge on any atom is 0.263 e. The summed E-state index contributed by atoms with van der Waals surface area (Å²) in [6, 6.07) is 12.8. The molecular weight excluding hydrogens is 394 g/mol. The summed E-state index contributed by atoms with van der Waals surface area (Å²) in [4.78, 5) is 34.4. The number of amides is 1. The smallest absolute Gasteiger partial charge is 0.263 e. The van der Waals surface area contributed by atoms with Crippen molar-refractivity contribution >= 4 is 16.8 Å². The average molecular weight is 421 g/mol. The number of rotatable bonds is 6. The van der Waals surface area contributed by atoms with E-state index in [4.69, 9.17) is 9.47 Å². The van der Waals surface area contributed by atoms with Gasteiger partial charge in [-0.25, -0.2) is 0 Å². The molecule has 4 rings (SSSR count). The highest BCUT2D eigenvalue weighted by molar-refractivity contribution is 5.81. The first-order valence-corrected chi connectivity index (χ1v) is 10.7. The van der Waals surface area contributed by atoms with Crippen LogP contribution in [-0.4, -0.2) is 46.6 Å². The first-order chi connectivity index (χ1) is 15.0. The molecule has 1 aliphatic heterocycles. The highest BCUT2D eigenvalue weighted by Crippen LogP contribution is 2.28. The van der Waals surface area contributed by atoms with E-state index < -0.39 is 6.10 Å². The Hall–Kier alpha value is -3.35. The van der Waals surface area contributed by atoms with Crippen molar-refractivity contribution < 1.29 is 14.3 Å². The van der Waals surface area contributed by atoms with E-state index in [9.17, 15) is 9.59 Å². The summed E-state index contributed by atoms with van der Waals surface area (Å²) >= 11 is 0. The van der Waals surface area contributed by atoms with Gasteiger partial charge in [-0.3, -0.25) is 14.6 Å². The normalized spacial score (nSPS) is 15.6. The third-order valence-corrected chi connectivity index (χ3v) is 5.68. The largest absolute Gasteiger partial charge is 0.494 e. The first-order valence-electron chi connectivity index (χ1n) is 10.7. The van der Waals surface area contributed by atoms with Gasteiger partial charge in [-0.15, -0.1) is 0 Å². The molecule has 1 aromatic carbocycles. The Morgan fingerprint density at radius 2 is 1.90 bits per heavy atom. The van der Waals surface area contributed by atoms with Gasteiger partial charge in [-0.2, -0.15) is 0 Å². The second kappa shape index (κ2) is 9.20. The summed E-state index contributed by atoms with van der Waals surface area (Å²) in [5.74, 6) is 1.59. The number of aromatic amines is 1. The first kappa shape index (κ1) is 20.9. The van der Waals surface area contributed by atoms with Crippen LogP contribution in [0.4, 0.5) is 0 Å². The summed E-state index contributed by atoms with van der Waals surface area (Å²) in [5, 5.41) is 0.596. The predicted octanol–water partition coefficient (Wildman–Crippen LogP) is 3.50. The van der Waals surface area contributed by atoms with Gasteiger partial charge in [-0.05, 0) is 69.2 Å². The highest BCUT2D eigenvalue weighted by Gasteiger charge is 2.28. The zero-order valence-electron chi connectivity index (χ0n) is 17.8. The van der Waals surface area contributed by atoms with Crippen LogP contribution in [0.1, 0.15) is 38.3 Å². The van der Waals surface area contributed by atoms with Crippen LogP contribution in [0.25, 0.3) is 10.9 Å². The fourth-order valence-electron chi connectivity index (χ4n) is 4.03. The number of fused-ring (bicyclic) bond motifs is 1. The number of aromatic nitrogens is 2. The Labute approximate surface area is 181 Å². The number of nitrogens with one attached hydrogen (secondary N) is 1. The van der Waals surface area contributed by atoms with E-state index in [0.717, 1.165) is 24.3 Å². The number of hydrogen-bond acceptors (Lipinski definition) is 5. The number of hydrogen-bond donors (Lipinski definition) is 1. The Balaban J connectivity index is 1.35. The SMILES string of the molecule is CCOc1ccc(O[C@@H](C)C(=O)N2CCC(c3cc4ncccc4c(=O)[nH]3)CC2)cc1. The van der Waals surface area contributed by atoms with Gasteiger partial charge in [0.15, 0.2) is 6.10 Å². The van der Waals surface area contributed by atoms with E-state index in [0.29, 0.717) is 36.3 Å². The topological polar surface area (TPSA) is 84.5 Å². The maximum absolute atomic E-state index is 12.9. The van der Waals surface area contributed by atoms with E-state index in [1.807, 2.05) is 42.2 Å². The van der Waals surface area contributed by atoms with Gasteiger partial charge < -0.3 is 19.4 Å². The molecule has 1 N–H and O–H groups in total. The molecule has 1 aliphatic rings. The fraction of sp³-hybridized carbons (Fsp3) is 0.375. The number of H-pyrrole nitrogens is 1. The summed E-state index contributed by atoms with van der Waals surface area (Å²) < 4.78 is 11.3. The van der Waals surface area contributed by atoms with E-state index in [1.54, 1.807) is 25.3 Å². The van der Waals surface area contributed by atoms with Gasteiger partial charge in [0.25, 0.3) is 11.5 Å². The Morgan fingerprint density at radius 3 is 2.61 bits per heavy atom. The average Bonchev–Trinajstić information content (AvgIpc) is 2.80. The molecule has 2 aromatic heterocycles. The van der Waals surface area contributed by atoms with Crippen LogP contribution in [0.15, 0.2) is 53.5 Å². The third-order valence-electron chi connectivity index (χ3n) is 5.68. The van der Waals surface area contributed by atoms with Crippen molar-refractivity contribution in [2.45, 2.75) is 38.7 Å². The number of likely N-dealkylation sites (tertiary alicyclic amines) is 1. The zero-order chi connectivity index (χ0) is 21.8. The van der Waals surface area contributed by atoms with Crippen molar-refractivity contribution in [2.75, 3.05) is 19.7 Å². The van der Waals surface area contributed by atoms with Gasteiger partial charge in [0, 0.05) is 30.9 Å². The molecule has 0 saturated carbocycles. The lowest BCUT2D eigenvalue weighted by Crippen LogP contribution is -2.44. The van der Waals surface area contributed by atoms with Crippen molar-refractivity contribution in [1.82, 2.24) is 14.9 Å². The summed E-state index contributed by atoms with van der Waals surface area (Å²) in [5.41, 5.74) is 1.48. The Bertz CT molecular complexity index is 1100. The molecule has 0 radical (unpaired) electrons. The van der Waals surface area contributed by atoms with Gasteiger partial charge >= 0.3 is 0 Å². The van der Waals surface area contributed by atoms with Crippen molar-refractivity contribution in [3.8, 4) is 11.5 Å². The molecule has 7 heteroatoms. The van der Waals surface area contributed by atoms with Crippen molar-refractivity contribution in [2.24, 2.45) is 0 Å². The minimum Gasteiger partial charge on any atom is -0.494 e. The van der Waals surface area contributed by atoms with Crippen LogP contribution < -0.4 is 15.0 Å². The molecule has 3 aromatic rings. The molecule has 1 amide bonds. The Morgan fingerprint density at radius 1 is 1.19 bits per heavy atom.